The molecule has 3 aromatic rings. The molecule has 1 saturated carbocycles. The van der Waals surface area contributed by atoms with Crippen molar-refractivity contribution in [2.75, 3.05) is 26.2 Å². The van der Waals surface area contributed by atoms with Crippen LogP contribution in [-0.4, -0.2) is 57.8 Å². The van der Waals surface area contributed by atoms with E-state index in [0.29, 0.717) is 42.9 Å². The molecule has 2 bridgehead atoms. The molecule has 0 radical (unpaired) electrons. The normalized spacial score (nSPS) is 23.3. The molecule has 7 atom stereocenters. The molecule has 8 N–H and O–H groups in total. The van der Waals surface area contributed by atoms with Gasteiger partial charge < -0.3 is 45.6 Å². The number of rotatable bonds is 23. The molecular weight excluding hydrogens is 679 g/mol. The highest BCUT2D eigenvalue weighted by atomic mass is 16.5. The lowest BCUT2D eigenvalue weighted by atomic mass is 9.64. The maximum Gasteiger partial charge on any atom is 0.161 e. The Labute approximate surface area is 322 Å². The highest BCUT2D eigenvalue weighted by Gasteiger charge is 2.53. The smallest absolute Gasteiger partial charge is 0.161 e. The lowest BCUT2D eigenvalue weighted by Crippen LogP contribution is -2.39. The Morgan fingerprint density at radius 2 is 1.89 bits per heavy atom. The zero-order valence-electron chi connectivity index (χ0n) is 32.8. The third-order valence-corrected chi connectivity index (χ3v) is 12.8. The standard InChI is InChI=1S/C45H67N3O6/c1-3-4-5-9-31(18-21-46)10-6-7-12-42-34(28-49)24-36(54-42)15-13-32-14-16-40(51)43(22-32)53-29-41(52)39-25-37-38(27-47-26-30(2)50)45-19-8-11-35(45)23-33(17-20-45)44(37)48-39/h14,16-17,20,22,24-25,30-31,33,35,38,41,47-52H,3-13,15,18-19,21,23,26-29,46H2,1-2H3. The van der Waals surface area contributed by atoms with Crippen molar-refractivity contribution in [3.8, 4) is 11.5 Å². The van der Waals surface area contributed by atoms with E-state index in [1.807, 2.05) is 25.1 Å². The summed E-state index contributed by atoms with van der Waals surface area (Å²) < 4.78 is 12.3. The van der Waals surface area contributed by atoms with Crippen LogP contribution in [0.5, 0.6) is 11.5 Å². The van der Waals surface area contributed by atoms with Crippen LogP contribution in [0.1, 0.15) is 148 Å². The summed E-state index contributed by atoms with van der Waals surface area (Å²) in [6.07, 6.45) is 20.1. The minimum absolute atomic E-state index is 0.00272. The molecule has 7 rings (SSSR count). The largest absolute Gasteiger partial charge is 0.504 e. The maximum atomic E-state index is 11.4. The summed E-state index contributed by atoms with van der Waals surface area (Å²) in [5, 5.41) is 45.6. The number of hydrogen-bond acceptors (Lipinski definition) is 8. The molecule has 4 aliphatic carbocycles. The fourth-order valence-corrected chi connectivity index (χ4v) is 9.89. The molecule has 54 heavy (non-hydrogen) atoms. The molecule has 0 saturated heterocycles. The van der Waals surface area contributed by atoms with E-state index < -0.39 is 12.2 Å². The fourth-order valence-electron chi connectivity index (χ4n) is 9.89. The molecule has 7 unspecified atom stereocenters. The Morgan fingerprint density at radius 3 is 2.67 bits per heavy atom. The Hall–Kier alpha value is -3.08. The molecule has 2 aromatic heterocycles. The molecule has 9 heteroatoms. The second-order valence-electron chi connectivity index (χ2n) is 16.7. The van der Waals surface area contributed by atoms with Crippen molar-refractivity contribution in [3.63, 3.8) is 0 Å². The minimum atomic E-state index is -0.892. The van der Waals surface area contributed by atoms with Gasteiger partial charge in [0.2, 0.25) is 0 Å². The zero-order valence-corrected chi connectivity index (χ0v) is 32.8. The predicted molar refractivity (Wildman–Crippen MR) is 214 cm³/mol. The SMILES string of the molecule is CCCCCC(CCN)CCCCc1oc(CCc2ccc(O)c(OCC(O)c3cc4c([nH]3)C3C=CC5(CCCC5C3)C4CNCC(C)O)c2)cc1CO. The number of nitrogens with one attached hydrogen (secondary N) is 2. The van der Waals surface area contributed by atoms with E-state index in [-0.39, 0.29) is 30.3 Å². The average molecular weight is 746 g/mol. The molecule has 0 amide bonds. The lowest BCUT2D eigenvalue weighted by Gasteiger charge is -2.41. The summed E-state index contributed by atoms with van der Waals surface area (Å²) in [7, 11) is 0. The van der Waals surface area contributed by atoms with Gasteiger partial charge in [0.05, 0.1) is 12.7 Å². The Balaban J connectivity index is 1.04. The Kier molecular flexibility index (Phi) is 14.4. The van der Waals surface area contributed by atoms with Crippen LogP contribution in [0.3, 0.4) is 0 Å². The van der Waals surface area contributed by atoms with E-state index >= 15 is 0 Å². The maximum absolute atomic E-state index is 11.4. The van der Waals surface area contributed by atoms with E-state index in [2.05, 4.69) is 35.4 Å². The van der Waals surface area contributed by atoms with Crippen LogP contribution < -0.4 is 15.8 Å². The fraction of sp³-hybridized carbons (Fsp3) is 0.644. The first-order valence-electron chi connectivity index (χ1n) is 21.1. The van der Waals surface area contributed by atoms with Gasteiger partial charge in [0.1, 0.15) is 24.2 Å². The van der Waals surface area contributed by atoms with Crippen molar-refractivity contribution in [3.05, 3.63) is 82.1 Å². The molecule has 1 spiro atoms. The van der Waals surface area contributed by atoms with Crippen molar-refractivity contribution in [1.29, 1.82) is 0 Å². The number of aromatic nitrogens is 1. The van der Waals surface area contributed by atoms with E-state index in [0.717, 1.165) is 73.5 Å². The number of allylic oxidation sites excluding steroid dienone is 2. The van der Waals surface area contributed by atoms with Crippen LogP contribution in [0.15, 0.2) is 46.9 Å². The zero-order chi connectivity index (χ0) is 38.1. The number of furan rings is 1. The number of hydrogen-bond donors (Lipinski definition) is 7. The van der Waals surface area contributed by atoms with Crippen molar-refractivity contribution >= 4 is 0 Å². The number of aromatic hydroxyl groups is 1. The number of unbranched alkanes of at least 4 members (excludes halogenated alkanes) is 3. The molecule has 9 nitrogen and oxygen atoms in total. The lowest BCUT2D eigenvalue weighted by molar-refractivity contribution is 0.103. The highest BCUT2D eigenvalue weighted by molar-refractivity contribution is 5.44. The predicted octanol–water partition coefficient (Wildman–Crippen LogP) is 7.86. The number of aliphatic hydroxyl groups excluding tert-OH is 3. The van der Waals surface area contributed by atoms with E-state index in [1.165, 1.54) is 62.6 Å². The van der Waals surface area contributed by atoms with Gasteiger partial charge in [0.15, 0.2) is 11.5 Å². The molecule has 1 fully saturated rings. The van der Waals surface area contributed by atoms with E-state index in [1.54, 1.807) is 6.07 Å². The van der Waals surface area contributed by atoms with E-state index in [9.17, 15) is 20.4 Å². The Bertz CT molecular complexity index is 1650. The number of phenols is 1. The number of benzene rings is 1. The van der Waals surface area contributed by atoms with Crippen molar-refractivity contribution in [2.45, 2.75) is 141 Å². The first kappa shape index (κ1) is 40.6. The number of nitrogens with two attached hydrogens (primary N) is 1. The first-order chi connectivity index (χ1) is 26.2. The van der Waals surface area contributed by atoms with Crippen LogP contribution in [0.4, 0.5) is 0 Å². The summed E-state index contributed by atoms with van der Waals surface area (Å²) in [6, 6.07) is 9.49. The van der Waals surface area contributed by atoms with Gasteiger partial charge in [-0.3, -0.25) is 0 Å². The summed E-state index contributed by atoms with van der Waals surface area (Å²) >= 11 is 0. The second-order valence-corrected chi connectivity index (χ2v) is 16.7. The number of aromatic amines is 1. The second kappa shape index (κ2) is 19.2. The Morgan fingerprint density at radius 1 is 1.06 bits per heavy atom. The number of phenolic OH excluding ortho intramolecular Hbond substituents is 1. The highest BCUT2D eigenvalue weighted by Crippen LogP contribution is 2.62. The molecule has 298 valence electrons. The number of ether oxygens (including phenoxy) is 1. The third-order valence-electron chi connectivity index (χ3n) is 12.8. The average Bonchev–Trinajstić information content (AvgIpc) is 3.88. The van der Waals surface area contributed by atoms with Crippen molar-refractivity contribution in [2.24, 2.45) is 23.0 Å². The topological polar surface area (TPSA) is 157 Å². The third kappa shape index (κ3) is 9.65. The van der Waals surface area contributed by atoms with Gasteiger partial charge in [-0.25, -0.2) is 0 Å². The van der Waals surface area contributed by atoms with Gasteiger partial charge >= 0.3 is 0 Å². The van der Waals surface area contributed by atoms with Gasteiger partial charge in [-0.1, -0.05) is 70.1 Å². The van der Waals surface area contributed by atoms with Gasteiger partial charge in [-0.05, 0) is 105 Å². The van der Waals surface area contributed by atoms with Gasteiger partial charge in [0.25, 0.3) is 0 Å². The van der Waals surface area contributed by atoms with E-state index in [4.69, 9.17) is 14.9 Å². The van der Waals surface area contributed by atoms with Crippen molar-refractivity contribution in [1.82, 2.24) is 10.3 Å². The molecule has 0 aliphatic heterocycles. The number of aliphatic hydroxyl groups is 3. The summed E-state index contributed by atoms with van der Waals surface area (Å²) in [5.41, 5.74) is 11.0. The van der Waals surface area contributed by atoms with Crippen LogP contribution in [0.25, 0.3) is 0 Å². The molecular formula is C45H67N3O6. The summed E-state index contributed by atoms with van der Waals surface area (Å²) in [4.78, 5) is 3.61. The monoisotopic (exact) mass is 746 g/mol. The van der Waals surface area contributed by atoms with Crippen LogP contribution in [0.2, 0.25) is 0 Å². The number of H-pyrrole nitrogens is 1. The summed E-state index contributed by atoms with van der Waals surface area (Å²) in [6.45, 7) is 6.12. The van der Waals surface area contributed by atoms with Gasteiger partial charge in [-0.2, -0.15) is 0 Å². The minimum Gasteiger partial charge on any atom is -0.504 e. The molecule has 2 heterocycles. The van der Waals surface area contributed by atoms with Crippen LogP contribution >= 0.6 is 0 Å². The van der Waals surface area contributed by atoms with Gasteiger partial charge in [-0.15, -0.1) is 0 Å². The quantitative estimate of drug-likeness (QED) is 0.0382. The van der Waals surface area contributed by atoms with Crippen LogP contribution in [0, 0.1) is 17.3 Å². The first-order valence-corrected chi connectivity index (χ1v) is 21.1. The summed E-state index contributed by atoms with van der Waals surface area (Å²) in [5.74, 6) is 4.03. The van der Waals surface area contributed by atoms with Crippen LogP contribution in [-0.2, 0) is 25.9 Å². The number of aryl methyl sites for hydroxylation is 3. The van der Waals surface area contributed by atoms with Crippen molar-refractivity contribution < 1.29 is 29.6 Å². The van der Waals surface area contributed by atoms with Gasteiger partial charge in [0, 0.05) is 54.7 Å². The molecule has 4 aliphatic rings. The molecule has 1 aromatic carbocycles.